The lowest BCUT2D eigenvalue weighted by Crippen LogP contribution is -2.18. The number of sulfone groups is 1. The van der Waals surface area contributed by atoms with Crippen LogP contribution >= 0.6 is 0 Å². The van der Waals surface area contributed by atoms with Gasteiger partial charge in [0.2, 0.25) is 0 Å². The average Bonchev–Trinajstić information content (AvgIpc) is 2.73. The van der Waals surface area contributed by atoms with Crippen molar-refractivity contribution in [2.24, 2.45) is 5.73 Å². The van der Waals surface area contributed by atoms with Gasteiger partial charge in [0, 0.05) is 0 Å². The topological polar surface area (TPSA) is 78.6 Å². The summed E-state index contributed by atoms with van der Waals surface area (Å²) < 4.78 is 34.3. The van der Waals surface area contributed by atoms with Crippen molar-refractivity contribution in [3.8, 4) is 11.5 Å². The zero-order valence-electron chi connectivity index (χ0n) is 11.7. The van der Waals surface area contributed by atoms with Gasteiger partial charge in [-0.05, 0) is 44.0 Å². The second-order valence-corrected chi connectivity index (χ2v) is 7.12. The Morgan fingerprint density at radius 3 is 2.75 bits per heavy atom. The molecule has 0 amide bonds. The Balaban J connectivity index is 2.14. The number of hydrogen-bond donors (Lipinski definition) is 1. The minimum atomic E-state index is -2.94. The molecule has 1 aliphatic heterocycles. The summed E-state index contributed by atoms with van der Waals surface area (Å²) in [6.07, 6.45) is 1.04. The van der Waals surface area contributed by atoms with E-state index >= 15 is 0 Å². The Hall–Kier alpha value is -1.27. The SMILES string of the molecule is CCOc1cc(CCN)ccc1OC1CCS(=O)(=O)C1. The predicted octanol–water partition coefficient (Wildman–Crippen LogP) is 1.15. The summed E-state index contributed by atoms with van der Waals surface area (Å²) in [5.41, 5.74) is 6.63. The molecule has 6 heteroatoms. The van der Waals surface area contributed by atoms with Gasteiger partial charge in [0.25, 0.3) is 0 Å². The summed E-state index contributed by atoms with van der Waals surface area (Å²) in [6, 6.07) is 5.68. The van der Waals surface area contributed by atoms with E-state index in [9.17, 15) is 8.42 Å². The number of rotatable bonds is 6. The Kier molecular flexibility index (Phi) is 4.88. The van der Waals surface area contributed by atoms with Crippen molar-refractivity contribution in [1.29, 1.82) is 0 Å². The normalized spacial score (nSPS) is 20.8. The molecule has 1 saturated heterocycles. The second kappa shape index (κ2) is 6.45. The van der Waals surface area contributed by atoms with Gasteiger partial charge in [0.1, 0.15) is 6.10 Å². The van der Waals surface area contributed by atoms with Crippen molar-refractivity contribution < 1.29 is 17.9 Å². The van der Waals surface area contributed by atoms with Gasteiger partial charge in [-0.1, -0.05) is 6.07 Å². The van der Waals surface area contributed by atoms with Gasteiger partial charge in [-0.2, -0.15) is 0 Å². The summed E-state index contributed by atoms with van der Waals surface area (Å²) in [4.78, 5) is 0. The number of benzene rings is 1. The fourth-order valence-electron chi connectivity index (χ4n) is 2.27. The lowest BCUT2D eigenvalue weighted by Gasteiger charge is -2.16. The lowest BCUT2D eigenvalue weighted by atomic mass is 10.1. The van der Waals surface area contributed by atoms with Gasteiger partial charge in [-0.3, -0.25) is 0 Å². The van der Waals surface area contributed by atoms with Crippen LogP contribution in [-0.4, -0.2) is 39.2 Å². The quantitative estimate of drug-likeness (QED) is 0.852. The molecule has 2 N–H and O–H groups in total. The van der Waals surface area contributed by atoms with Crippen LogP contribution in [0.15, 0.2) is 18.2 Å². The molecule has 1 aromatic carbocycles. The molecule has 0 saturated carbocycles. The Bertz CT molecular complexity index is 556. The fourth-order valence-corrected chi connectivity index (χ4v) is 3.86. The third-order valence-corrected chi connectivity index (χ3v) is 4.96. The van der Waals surface area contributed by atoms with Gasteiger partial charge in [0.15, 0.2) is 21.3 Å². The summed E-state index contributed by atoms with van der Waals surface area (Å²) >= 11 is 0. The first-order valence-corrected chi connectivity index (χ1v) is 8.69. The number of hydrogen-bond acceptors (Lipinski definition) is 5. The Morgan fingerprint density at radius 2 is 2.15 bits per heavy atom. The van der Waals surface area contributed by atoms with Crippen LogP contribution in [-0.2, 0) is 16.3 Å². The molecule has 1 aromatic rings. The van der Waals surface area contributed by atoms with E-state index < -0.39 is 9.84 Å². The molecule has 1 fully saturated rings. The molecule has 2 rings (SSSR count). The first-order valence-electron chi connectivity index (χ1n) is 6.87. The molecule has 20 heavy (non-hydrogen) atoms. The molecule has 112 valence electrons. The molecule has 1 atom stereocenters. The van der Waals surface area contributed by atoms with Crippen LogP contribution < -0.4 is 15.2 Å². The smallest absolute Gasteiger partial charge is 0.161 e. The van der Waals surface area contributed by atoms with Crippen LogP contribution in [0.2, 0.25) is 0 Å². The van der Waals surface area contributed by atoms with Crippen LogP contribution in [0.3, 0.4) is 0 Å². The molecule has 0 bridgehead atoms. The number of ether oxygens (including phenoxy) is 2. The third-order valence-electron chi connectivity index (χ3n) is 3.23. The summed E-state index contributed by atoms with van der Waals surface area (Å²) in [5, 5.41) is 0. The van der Waals surface area contributed by atoms with Gasteiger partial charge in [-0.25, -0.2) is 8.42 Å². The molecule has 1 heterocycles. The predicted molar refractivity (Wildman–Crippen MR) is 78.1 cm³/mol. The van der Waals surface area contributed by atoms with Crippen molar-refractivity contribution in [2.45, 2.75) is 25.9 Å². The Labute approximate surface area is 120 Å². The molecule has 1 unspecified atom stereocenters. The molecule has 0 spiro atoms. The molecule has 1 aliphatic rings. The van der Waals surface area contributed by atoms with E-state index in [1.807, 2.05) is 25.1 Å². The minimum Gasteiger partial charge on any atom is -0.490 e. The van der Waals surface area contributed by atoms with Crippen molar-refractivity contribution >= 4 is 9.84 Å². The van der Waals surface area contributed by atoms with Crippen LogP contribution in [0.25, 0.3) is 0 Å². The van der Waals surface area contributed by atoms with Crippen molar-refractivity contribution in [3.63, 3.8) is 0 Å². The van der Waals surface area contributed by atoms with E-state index in [-0.39, 0.29) is 17.6 Å². The zero-order valence-corrected chi connectivity index (χ0v) is 12.5. The monoisotopic (exact) mass is 299 g/mol. The van der Waals surface area contributed by atoms with E-state index in [1.54, 1.807) is 0 Å². The lowest BCUT2D eigenvalue weighted by molar-refractivity contribution is 0.213. The van der Waals surface area contributed by atoms with Crippen LogP contribution in [0, 0.1) is 0 Å². The van der Waals surface area contributed by atoms with Gasteiger partial charge in [-0.15, -0.1) is 0 Å². The molecule has 0 radical (unpaired) electrons. The van der Waals surface area contributed by atoms with Gasteiger partial charge >= 0.3 is 0 Å². The van der Waals surface area contributed by atoms with Crippen LogP contribution in [0.1, 0.15) is 18.9 Å². The second-order valence-electron chi connectivity index (χ2n) is 4.90. The standard InChI is InChI=1S/C14H21NO4S/c1-2-18-14-9-11(5-7-15)3-4-13(14)19-12-6-8-20(16,17)10-12/h3-4,9,12H,2,5-8,10,15H2,1H3. The summed E-state index contributed by atoms with van der Waals surface area (Å²) in [7, 11) is -2.94. The van der Waals surface area contributed by atoms with Crippen molar-refractivity contribution in [3.05, 3.63) is 23.8 Å². The maximum Gasteiger partial charge on any atom is 0.161 e. The molecular weight excluding hydrogens is 278 g/mol. The van der Waals surface area contributed by atoms with Gasteiger partial charge in [0.05, 0.1) is 18.1 Å². The maximum absolute atomic E-state index is 11.5. The highest BCUT2D eigenvalue weighted by Crippen LogP contribution is 2.31. The number of nitrogens with two attached hydrogens (primary N) is 1. The molecular formula is C14H21NO4S. The van der Waals surface area contributed by atoms with Crippen LogP contribution in [0.4, 0.5) is 0 Å². The van der Waals surface area contributed by atoms with E-state index in [0.717, 1.165) is 12.0 Å². The van der Waals surface area contributed by atoms with Crippen molar-refractivity contribution in [2.75, 3.05) is 24.7 Å². The first kappa shape index (κ1) is 15.1. The first-order chi connectivity index (χ1) is 9.54. The van der Waals surface area contributed by atoms with E-state index in [2.05, 4.69) is 0 Å². The highest BCUT2D eigenvalue weighted by atomic mass is 32.2. The molecule has 5 nitrogen and oxygen atoms in total. The molecule has 0 aliphatic carbocycles. The summed E-state index contributed by atoms with van der Waals surface area (Å²) in [5.74, 6) is 1.55. The summed E-state index contributed by atoms with van der Waals surface area (Å²) in [6.45, 7) is 3.01. The minimum absolute atomic E-state index is 0.0864. The third kappa shape index (κ3) is 3.86. The van der Waals surface area contributed by atoms with E-state index in [0.29, 0.717) is 31.1 Å². The highest BCUT2D eigenvalue weighted by Gasteiger charge is 2.30. The van der Waals surface area contributed by atoms with E-state index in [4.69, 9.17) is 15.2 Å². The fraction of sp³-hybridized carbons (Fsp3) is 0.571. The molecule has 0 aromatic heterocycles. The zero-order chi connectivity index (χ0) is 14.6. The van der Waals surface area contributed by atoms with Crippen molar-refractivity contribution in [1.82, 2.24) is 0 Å². The largest absolute Gasteiger partial charge is 0.490 e. The average molecular weight is 299 g/mol. The van der Waals surface area contributed by atoms with Gasteiger partial charge < -0.3 is 15.2 Å². The van der Waals surface area contributed by atoms with Crippen LogP contribution in [0.5, 0.6) is 11.5 Å². The maximum atomic E-state index is 11.5. The Morgan fingerprint density at radius 1 is 1.35 bits per heavy atom. The highest BCUT2D eigenvalue weighted by molar-refractivity contribution is 7.91. The van der Waals surface area contributed by atoms with E-state index in [1.165, 1.54) is 0 Å².